The van der Waals surface area contributed by atoms with Gasteiger partial charge in [-0.25, -0.2) is 24.2 Å². The monoisotopic (exact) mass is 560 g/mol. The van der Waals surface area contributed by atoms with E-state index in [2.05, 4.69) is 25.3 Å². The normalized spacial score (nSPS) is 15.9. The van der Waals surface area contributed by atoms with Gasteiger partial charge in [0.15, 0.2) is 0 Å². The van der Waals surface area contributed by atoms with Crippen LogP contribution in [0.25, 0.3) is 10.9 Å². The number of benzene rings is 3. The van der Waals surface area contributed by atoms with E-state index in [0.717, 1.165) is 27.7 Å². The first-order valence-electron chi connectivity index (χ1n) is 12.8. The smallest absolute Gasteiger partial charge is 0.260 e. The SMILES string of the molecule is OC(Oc1ccc(F)cc1)N1CCc2c([nH]c3ccc(Cl)cc23)C1c1ccc(OCCNc2ncncn2)cc1. The molecule has 2 atom stereocenters. The second kappa shape index (κ2) is 11.5. The third-order valence-electron chi connectivity index (χ3n) is 6.81. The average Bonchev–Trinajstić information content (AvgIpc) is 3.35. The molecule has 0 aliphatic carbocycles. The highest BCUT2D eigenvalue weighted by atomic mass is 35.5. The van der Waals surface area contributed by atoms with Crippen molar-refractivity contribution in [3.63, 3.8) is 0 Å². The molecule has 9 nitrogen and oxygen atoms in total. The van der Waals surface area contributed by atoms with E-state index in [0.29, 0.717) is 48.6 Å². The Bertz CT molecular complexity index is 1580. The first kappa shape index (κ1) is 26.0. The number of nitrogens with zero attached hydrogens (tertiary/aromatic N) is 4. The predicted molar refractivity (Wildman–Crippen MR) is 149 cm³/mol. The van der Waals surface area contributed by atoms with Gasteiger partial charge in [0, 0.05) is 28.2 Å². The molecule has 5 aromatic rings. The van der Waals surface area contributed by atoms with Crippen molar-refractivity contribution in [3.8, 4) is 11.5 Å². The molecule has 3 aromatic carbocycles. The van der Waals surface area contributed by atoms with Crippen LogP contribution in [0.4, 0.5) is 10.3 Å². The number of aromatic nitrogens is 4. The number of fused-ring (bicyclic) bond motifs is 3. The van der Waals surface area contributed by atoms with Crippen LogP contribution in [-0.4, -0.2) is 56.1 Å². The van der Waals surface area contributed by atoms with Crippen LogP contribution >= 0.6 is 11.6 Å². The van der Waals surface area contributed by atoms with E-state index in [1.54, 1.807) is 0 Å². The summed E-state index contributed by atoms with van der Waals surface area (Å²) in [4.78, 5) is 17.3. The van der Waals surface area contributed by atoms with Crippen LogP contribution in [-0.2, 0) is 6.42 Å². The zero-order valence-corrected chi connectivity index (χ0v) is 22.1. The topological polar surface area (TPSA) is 108 Å². The fourth-order valence-electron chi connectivity index (χ4n) is 4.99. The largest absolute Gasteiger partial charge is 0.492 e. The van der Waals surface area contributed by atoms with Crippen LogP contribution < -0.4 is 14.8 Å². The van der Waals surface area contributed by atoms with Crippen molar-refractivity contribution in [2.75, 3.05) is 25.0 Å². The molecule has 0 saturated carbocycles. The fraction of sp³-hybridized carbons (Fsp3) is 0.207. The van der Waals surface area contributed by atoms with Gasteiger partial charge in [0.05, 0.1) is 12.6 Å². The van der Waals surface area contributed by atoms with Gasteiger partial charge in [-0.15, -0.1) is 0 Å². The van der Waals surface area contributed by atoms with E-state index in [-0.39, 0.29) is 11.9 Å². The highest BCUT2D eigenvalue weighted by Crippen LogP contribution is 2.40. The van der Waals surface area contributed by atoms with Crippen LogP contribution in [0, 0.1) is 5.82 Å². The van der Waals surface area contributed by atoms with Crippen molar-refractivity contribution in [3.05, 3.63) is 107 Å². The molecular formula is C29H26ClFN6O3. The fourth-order valence-corrected chi connectivity index (χ4v) is 5.16. The van der Waals surface area contributed by atoms with Gasteiger partial charge in [0.25, 0.3) is 6.41 Å². The highest BCUT2D eigenvalue weighted by Gasteiger charge is 2.36. The molecule has 0 spiro atoms. The summed E-state index contributed by atoms with van der Waals surface area (Å²) in [5.41, 5.74) is 4.02. The minimum absolute atomic E-state index is 0.343. The molecular weight excluding hydrogens is 535 g/mol. The molecule has 3 heterocycles. The molecule has 2 aromatic heterocycles. The number of halogens is 2. The lowest BCUT2D eigenvalue weighted by atomic mass is 9.92. The molecule has 1 aliphatic heterocycles. The second-order valence-corrected chi connectivity index (χ2v) is 9.74. The van der Waals surface area contributed by atoms with Crippen LogP contribution in [0.3, 0.4) is 0 Å². The summed E-state index contributed by atoms with van der Waals surface area (Å²) in [7, 11) is 0. The first-order chi connectivity index (χ1) is 19.5. The second-order valence-electron chi connectivity index (χ2n) is 9.30. The zero-order valence-electron chi connectivity index (χ0n) is 21.3. The minimum Gasteiger partial charge on any atom is -0.492 e. The molecule has 11 heteroatoms. The van der Waals surface area contributed by atoms with Crippen molar-refractivity contribution in [2.45, 2.75) is 18.9 Å². The number of aliphatic hydroxyl groups excluding tert-OH is 1. The van der Waals surface area contributed by atoms with Crippen molar-refractivity contribution in [1.82, 2.24) is 24.8 Å². The van der Waals surface area contributed by atoms with E-state index in [9.17, 15) is 9.50 Å². The van der Waals surface area contributed by atoms with Crippen molar-refractivity contribution in [1.29, 1.82) is 0 Å². The molecule has 0 bridgehead atoms. The van der Waals surface area contributed by atoms with Crippen molar-refractivity contribution >= 4 is 28.5 Å². The third kappa shape index (κ3) is 5.55. The summed E-state index contributed by atoms with van der Waals surface area (Å²) >= 11 is 6.32. The molecule has 0 saturated heterocycles. The van der Waals surface area contributed by atoms with E-state index in [1.165, 1.54) is 36.9 Å². The van der Waals surface area contributed by atoms with E-state index in [1.807, 2.05) is 47.4 Å². The van der Waals surface area contributed by atoms with Crippen molar-refractivity contribution in [2.24, 2.45) is 0 Å². The Hall–Kier alpha value is -4.25. The molecule has 0 amide bonds. The van der Waals surface area contributed by atoms with Crippen LogP contribution in [0.2, 0.25) is 5.02 Å². The molecule has 0 fully saturated rings. The maximum Gasteiger partial charge on any atom is 0.260 e. The number of aromatic amines is 1. The first-order valence-corrected chi connectivity index (χ1v) is 13.2. The maximum absolute atomic E-state index is 13.4. The molecule has 6 rings (SSSR count). The Morgan fingerprint density at radius 3 is 2.58 bits per heavy atom. The van der Waals surface area contributed by atoms with E-state index < -0.39 is 6.41 Å². The number of aliphatic hydroxyl groups is 1. The quantitative estimate of drug-likeness (QED) is 0.172. The summed E-state index contributed by atoms with van der Waals surface area (Å²) in [6.07, 6.45) is 2.28. The Balaban J connectivity index is 1.24. The Kier molecular flexibility index (Phi) is 7.45. The van der Waals surface area contributed by atoms with Gasteiger partial charge in [-0.2, -0.15) is 0 Å². The van der Waals surface area contributed by atoms with Gasteiger partial charge in [-0.3, -0.25) is 0 Å². The summed E-state index contributed by atoms with van der Waals surface area (Å²) in [5, 5.41) is 16.0. The number of hydrogen-bond donors (Lipinski definition) is 3. The van der Waals surface area contributed by atoms with Gasteiger partial charge in [0.1, 0.15) is 36.6 Å². The molecule has 40 heavy (non-hydrogen) atoms. The number of anilines is 1. The number of ether oxygens (including phenoxy) is 2. The van der Waals surface area contributed by atoms with Gasteiger partial charge in [0.2, 0.25) is 5.95 Å². The lowest BCUT2D eigenvalue weighted by molar-refractivity contribution is -0.150. The highest BCUT2D eigenvalue weighted by molar-refractivity contribution is 6.31. The molecule has 0 radical (unpaired) electrons. The predicted octanol–water partition coefficient (Wildman–Crippen LogP) is 4.94. The van der Waals surface area contributed by atoms with Crippen molar-refractivity contribution < 1.29 is 19.0 Å². The average molecular weight is 561 g/mol. The number of rotatable bonds is 9. The Morgan fingerprint density at radius 2 is 1.80 bits per heavy atom. The molecule has 204 valence electrons. The maximum atomic E-state index is 13.4. The lowest BCUT2D eigenvalue weighted by Crippen LogP contribution is -2.46. The van der Waals surface area contributed by atoms with Crippen LogP contribution in [0.1, 0.15) is 22.9 Å². The van der Waals surface area contributed by atoms with Gasteiger partial charge < -0.3 is 24.9 Å². The lowest BCUT2D eigenvalue weighted by Gasteiger charge is -2.38. The molecule has 2 unspecified atom stereocenters. The van der Waals surface area contributed by atoms with Crippen LogP contribution in [0.15, 0.2) is 79.4 Å². The molecule has 1 aliphatic rings. The number of H-pyrrole nitrogens is 1. The van der Waals surface area contributed by atoms with Gasteiger partial charge in [-0.1, -0.05) is 23.7 Å². The standard InChI is InChI=1S/C29H26ClFN6O3/c30-19-3-10-25-24(15-19)23-11-13-37(29(38)40-22-8-4-20(31)5-9-22)27(26(23)36-25)18-1-6-21(7-2-18)39-14-12-33-28-34-16-32-17-35-28/h1-10,15-17,27,29,36,38H,11-14H2,(H,32,33,34,35). The van der Waals surface area contributed by atoms with Crippen LogP contribution in [0.5, 0.6) is 11.5 Å². The van der Waals surface area contributed by atoms with Gasteiger partial charge in [-0.05, 0) is 72.1 Å². The number of hydrogen-bond acceptors (Lipinski definition) is 8. The summed E-state index contributed by atoms with van der Waals surface area (Å²) < 4.78 is 25.1. The van der Waals surface area contributed by atoms with E-state index >= 15 is 0 Å². The Morgan fingerprint density at radius 1 is 1.05 bits per heavy atom. The third-order valence-corrected chi connectivity index (χ3v) is 7.04. The Labute approximate surface area is 234 Å². The summed E-state index contributed by atoms with van der Waals surface area (Å²) in [6.45, 7) is 1.47. The summed E-state index contributed by atoms with van der Waals surface area (Å²) in [5.74, 6) is 1.19. The number of nitrogens with one attached hydrogen (secondary N) is 2. The minimum atomic E-state index is -1.27. The summed E-state index contributed by atoms with van der Waals surface area (Å²) in [6, 6.07) is 18.8. The zero-order chi connectivity index (χ0) is 27.5. The van der Waals surface area contributed by atoms with Gasteiger partial charge >= 0.3 is 0 Å². The van der Waals surface area contributed by atoms with E-state index in [4.69, 9.17) is 21.1 Å². The molecule has 3 N–H and O–H groups in total.